The zero-order valence-electron chi connectivity index (χ0n) is 20.9. The molecule has 1 amide bonds. The molecule has 3 aromatic carbocycles. The fourth-order valence-corrected chi connectivity index (χ4v) is 5.72. The number of carboxylic acids is 1. The fraction of sp³-hybridized carbons (Fsp3) is 0.133. The van der Waals surface area contributed by atoms with E-state index < -0.39 is 5.97 Å². The number of benzene rings is 3. The van der Waals surface area contributed by atoms with Crippen molar-refractivity contribution in [3.8, 4) is 0 Å². The molecule has 0 aliphatic heterocycles. The molecule has 0 fully saturated rings. The van der Waals surface area contributed by atoms with Crippen LogP contribution < -0.4 is 5.32 Å². The Hall–Kier alpha value is -4.14. The van der Waals surface area contributed by atoms with E-state index in [9.17, 15) is 14.7 Å². The highest BCUT2D eigenvalue weighted by Crippen LogP contribution is 2.31. The Morgan fingerprint density at radius 1 is 0.923 bits per heavy atom. The van der Waals surface area contributed by atoms with Gasteiger partial charge in [-0.3, -0.25) is 9.78 Å². The Bertz CT molecular complexity index is 1630. The predicted molar refractivity (Wildman–Crippen MR) is 154 cm³/mol. The first-order chi connectivity index (χ1) is 19.0. The predicted octanol–water partition coefficient (Wildman–Crippen LogP) is 6.10. The molecule has 0 atom stereocenters. The van der Waals surface area contributed by atoms with Gasteiger partial charge < -0.3 is 15.0 Å². The number of nitrogens with zero attached hydrogens (tertiary/aromatic N) is 3. The first-order valence-corrected chi connectivity index (χ1v) is 13.7. The molecular weight excluding hydrogens is 532 g/mol. The number of thioether (sulfide) groups is 1. The number of aromatic nitrogens is 3. The van der Waals surface area contributed by atoms with Gasteiger partial charge in [-0.15, -0.1) is 0 Å². The molecule has 196 valence electrons. The van der Waals surface area contributed by atoms with E-state index in [0.717, 1.165) is 16.3 Å². The van der Waals surface area contributed by atoms with Crippen LogP contribution in [-0.4, -0.2) is 38.1 Å². The van der Waals surface area contributed by atoms with E-state index in [1.54, 1.807) is 36.7 Å². The lowest BCUT2D eigenvalue weighted by molar-refractivity contribution is 0.0695. The van der Waals surface area contributed by atoms with Crippen molar-refractivity contribution in [2.75, 3.05) is 6.54 Å². The van der Waals surface area contributed by atoms with E-state index >= 15 is 0 Å². The molecule has 0 saturated heterocycles. The second-order valence-corrected chi connectivity index (χ2v) is 10.1. The van der Waals surface area contributed by atoms with Gasteiger partial charge in [0.1, 0.15) is 5.15 Å². The van der Waals surface area contributed by atoms with Crippen molar-refractivity contribution in [1.29, 1.82) is 0 Å². The first kappa shape index (κ1) is 26.5. The summed E-state index contributed by atoms with van der Waals surface area (Å²) in [6.45, 7) is 0.859. The van der Waals surface area contributed by atoms with Crippen molar-refractivity contribution in [3.63, 3.8) is 0 Å². The smallest absolute Gasteiger partial charge is 0.335 e. The summed E-state index contributed by atoms with van der Waals surface area (Å²) >= 11 is 8.34. The van der Waals surface area contributed by atoms with E-state index in [0.29, 0.717) is 52.4 Å². The molecule has 2 N–H and O–H groups in total. The summed E-state index contributed by atoms with van der Waals surface area (Å²) in [5, 5.41) is 15.9. The van der Waals surface area contributed by atoms with Crippen molar-refractivity contribution in [3.05, 3.63) is 124 Å². The number of imidazole rings is 1. The van der Waals surface area contributed by atoms with Gasteiger partial charge in [0.15, 0.2) is 5.16 Å². The van der Waals surface area contributed by atoms with Crippen LogP contribution >= 0.6 is 23.4 Å². The minimum absolute atomic E-state index is 0.191. The highest BCUT2D eigenvalue weighted by Gasteiger charge is 2.19. The lowest BCUT2D eigenvalue weighted by atomic mass is 10.0. The Balaban J connectivity index is 1.41. The Labute approximate surface area is 234 Å². The fourth-order valence-electron chi connectivity index (χ4n) is 4.37. The van der Waals surface area contributed by atoms with Crippen LogP contribution in [0.5, 0.6) is 0 Å². The summed E-state index contributed by atoms with van der Waals surface area (Å²) < 4.78 is 1.96. The summed E-state index contributed by atoms with van der Waals surface area (Å²) in [5.41, 5.74) is 3.27. The van der Waals surface area contributed by atoms with Gasteiger partial charge in [0.05, 0.1) is 17.8 Å². The molecule has 5 aromatic rings. The molecule has 0 aliphatic carbocycles. The number of pyridine rings is 1. The molecule has 0 spiro atoms. The summed E-state index contributed by atoms with van der Waals surface area (Å²) in [4.78, 5) is 32.9. The van der Waals surface area contributed by atoms with Crippen LogP contribution in [0.2, 0.25) is 5.15 Å². The number of nitrogens with one attached hydrogen (secondary N) is 1. The average molecular weight is 557 g/mol. The molecule has 0 radical (unpaired) electrons. The SMILES string of the molecule is O=C(NCCc1nc(SCc2ccccc2C(=O)O)n(Cc2cccc3ccccc23)c1Cl)c1ccncc1. The summed E-state index contributed by atoms with van der Waals surface area (Å²) in [7, 11) is 0. The first-order valence-electron chi connectivity index (χ1n) is 12.3. The largest absolute Gasteiger partial charge is 0.478 e. The third kappa shape index (κ3) is 6.13. The van der Waals surface area contributed by atoms with Crippen LogP contribution in [0.1, 0.15) is 37.5 Å². The Morgan fingerprint density at radius 2 is 1.64 bits per heavy atom. The second-order valence-electron chi connectivity index (χ2n) is 8.85. The molecule has 2 aromatic heterocycles. The molecule has 0 saturated carbocycles. The van der Waals surface area contributed by atoms with E-state index in [1.165, 1.54) is 11.8 Å². The van der Waals surface area contributed by atoms with Gasteiger partial charge in [-0.25, -0.2) is 9.78 Å². The highest BCUT2D eigenvalue weighted by atomic mass is 35.5. The molecule has 39 heavy (non-hydrogen) atoms. The van der Waals surface area contributed by atoms with Crippen LogP contribution in [0.3, 0.4) is 0 Å². The number of carbonyl (C=O) groups excluding carboxylic acids is 1. The van der Waals surface area contributed by atoms with Crippen molar-refractivity contribution >= 4 is 46.0 Å². The summed E-state index contributed by atoms with van der Waals surface area (Å²) in [6, 6.07) is 24.6. The van der Waals surface area contributed by atoms with E-state index in [-0.39, 0.29) is 11.5 Å². The number of carbonyl (C=O) groups is 2. The molecule has 0 aliphatic rings. The van der Waals surface area contributed by atoms with Crippen LogP contribution in [-0.2, 0) is 18.7 Å². The monoisotopic (exact) mass is 556 g/mol. The third-order valence-electron chi connectivity index (χ3n) is 6.34. The van der Waals surface area contributed by atoms with Crippen LogP contribution in [0.25, 0.3) is 10.8 Å². The Morgan fingerprint density at radius 3 is 2.46 bits per heavy atom. The van der Waals surface area contributed by atoms with Gasteiger partial charge in [0, 0.05) is 36.7 Å². The van der Waals surface area contributed by atoms with Gasteiger partial charge in [0.2, 0.25) is 0 Å². The molecule has 0 bridgehead atoms. The highest BCUT2D eigenvalue weighted by molar-refractivity contribution is 7.98. The lowest BCUT2D eigenvalue weighted by Gasteiger charge is -2.12. The zero-order valence-corrected chi connectivity index (χ0v) is 22.5. The van der Waals surface area contributed by atoms with Crippen molar-refractivity contribution in [2.24, 2.45) is 0 Å². The third-order valence-corrected chi connectivity index (χ3v) is 7.79. The van der Waals surface area contributed by atoms with Gasteiger partial charge in [-0.2, -0.15) is 0 Å². The average Bonchev–Trinajstić information content (AvgIpc) is 3.26. The number of amides is 1. The van der Waals surface area contributed by atoms with Gasteiger partial charge in [-0.05, 0) is 40.1 Å². The number of halogens is 1. The number of aromatic carboxylic acids is 1. The zero-order chi connectivity index (χ0) is 27.2. The molecule has 5 rings (SSSR count). The van der Waals surface area contributed by atoms with E-state index in [1.807, 2.05) is 34.9 Å². The minimum atomic E-state index is -0.964. The van der Waals surface area contributed by atoms with Gasteiger partial charge in [-0.1, -0.05) is 84.0 Å². The number of rotatable bonds is 10. The minimum Gasteiger partial charge on any atom is -0.478 e. The van der Waals surface area contributed by atoms with Crippen molar-refractivity contribution in [1.82, 2.24) is 19.9 Å². The number of carboxylic acid groups (broad SMARTS) is 1. The maximum Gasteiger partial charge on any atom is 0.335 e. The quantitative estimate of drug-likeness (QED) is 0.202. The lowest BCUT2D eigenvalue weighted by Crippen LogP contribution is -2.25. The molecule has 7 nitrogen and oxygen atoms in total. The molecule has 0 unspecified atom stereocenters. The summed E-state index contributed by atoms with van der Waals surface area (Å²) in [5.74, 6) is -0.735. The topological polar surface area (TPSA) is 97.1 Å². The van der Waals surface area contributed by atoms with Crippen molar-refractivity contribution in [2.45, 2.75) is 23.9 Å². The standard InChI is InChI=1S/C30H25ClN4O3S/c31-27-26(14-17-33-28(36)21-12-15-32-16-13-21)34-30(39-19-23-7-2-4-11-25(23)29(37)38)35(27)18-22-9-5-8-20-6-1-3-10-24(20)22/h1-13,15-16H,14,17-19H2,(H,33,36)(H,37,38). The van der Waals surface area contributed by atoms with E-state index in [2.05, 4.69) is 34.6 Å². The maximum absolute atomic E-state index is 12.5. The van der Waals surface area contributed by atoms with Crippen LogP contribution in [0.15, 0.2) is 96.4 Å². The van der Waals surface area contributed by atoms with Crippen molar-refractivity contribution < 1.29 is 14.7 Å². The molecule has 2 heterocycles. The number of hydrogen-bond donors (Lipinski definition) is 2. The number of hydrogen-bond acceptors (Lipinski definition) is 5. The molecular formula is C30H25ClN4O3S. The van der Waals surface area contributed by atoms with Gasteiger partial charge in [0.25, 0.3) is 5.91 Å². The Kier molecular flexibility index (Phi) is 8.24. The maximum atomic E-state index is 12.5. The second kappa shape index (κ2) is 12.1. The van der Waals surface area contributed by atoms with E-state index in [4.69, 9.17) is 16.6 Å². The normalized spacial score (nSPS) is 11.0. The number of fused-ring (bicyclic) bond motifs is 1. The van der Waals surface area contributed by atoms with Crippen LogP contribution in [0, 0.1) is 0 Å². The molecule has 9 heteroatoms. The van der Waals surface area contributed by atoms with Crippen LogP contribution in [0.4, 0.5) is 0 Å². The van der Waals surface area contributed by atoms with Gasteiger partial charge >= 0.3 is 5.97 Å². The summed E-state index contributed by atoms with van der Waals surface area (Å²) in [6.07, 6.45) is 3.59.